The zero-order chi connectivity index (χ0) is 32.3. The first-order chi connectivity index (χ1) is 24.3. The monoisotopic (exact) mass is 625 g/mol. The van der Waals surface area contributed by atoms with Crippen LogP contribution in [0.4, 0.5) is 0 Å². The summed E-state index contributed by atoms with van der Waals surface area (Å²) in [5, 5.41) is 4.46. The number of para-hydroxylation sites is 2. The molecule has 228 valence electrons. The molecule has 5 nitrogen and oxygen atoms in total. The van der Waals surface area contributed by atoms with Crippen molar-refractivity contribution < 1.29 is 0 Å². The van der Waals surface area contributed by atoms with Gasteiger partial charge in [0.15, 0.2) is 5.82 Å². The van der Waals surface area contributed by atoms with E-state index in [1.54, 1.807) is 0 Å². The molecule has 49 heavy (non-hydrogen) atoms. The maximum absolute atomic E-state index is 5.19. The Morgan fingerprint density at radius 1 is 0.408 bits per heavy atom. The third kappa shape index (κ3) is 4.48. The van der Waals surface area contributed by atoms with Crippen LogP contribution in [0.1, 0.15) is 0 Å². The zero-order valence-corrected chi connectivity index (χ0v) is 26.3. The third-order valence-electron chi connectivity index (χ3n) is 9.41. The van der Waals surface area contributed by atoms with Gasteiger partial charge in [-0.2, -0.15) is 0 Å². The lowest BCUT2D eigenvalue weighted by Gasteiger charge is -2.12. The number of benzene rings is 6. The van der Waals surface area contributed by atoms with E-state index >= 15 is 0 Å². The molecule has 0 unspecified atom stereocenters. The molecule has 10 aromatic rings. The van der Waals surface area contributed by atoms with Crippen molar-refractivity contribution in [2.45, 2.75) is 0 Å². The minimum atomic E-state index is 0.706. The first-order valence-electron chi connectivity index (χ1n) is 16.4. The lowest BCUT2D eigenvalue weighted by molar-refractivity contribution is 1.22. The molecule has 10 rings (SSSR count). The summed E-state index contributed by atoms with van der Waals surface area (Å²) in [6.45, 7) is 0. The fourth-order valence-electron chi connectivity index (χ4n) is 7.06. The summed E-state index contributed by atoms with van der Waals surface area (Å²) in [5.41, 5.74) is 11.9. The van der Waals surface area contributed by atoms with Gasteiger partial charge < -0.3 is 0 Å². The molecular weight excluding hydrogens is 599 g/mol. The second-order valence-corrected chi connectivity index (χ2v) is 12.3. The van der Waals surface area contributed by atoms with Gasteiger partial charge in [-0.1, -0.05) is 127 Å². The standard InChI is InChI=1S/C44H27N5/c1-2-15-33-29(11-1)12-10-18-34(33)41-35-16-3-6-20-38(35)46-44(48-41)30-24-22-28(23-25-30)31-13-9-14-32(27-31)40-43-42(36-17-4-5-19-37(36)45-40)47-39-21-7-8-26-49(39)43/h1-27H. The molecule has 0 bridgehead atoms. The van der Waals surface area contributed by atoms with E-state index < -0.39 is 0 Å². The first-order valence-corrected chi connectivity index (χ1v) is 16.4. The lowest BCUT2D eigenvalue weighted by Crippen LogP contribution is -1.96. The smallest absolute Gasteiger partial charge is 0.160 e. The molecule has 4 aromatic heterocycles. The van der Waals surface area contributed by atoms with Crippen molar-refractivity contribution >= 4 is 49.3 Å². The van der Waals surface area contributed by atoms with Crippen LogP contribution in [-0.4, -0.2) is 24.3 Å². The van der Waals surface area contributed by atoms with E-state index in [0.717, 1.165) is 77.7 Å². The van der Waals surface area contributed by atoms with Gasteiger partial charge in [-0.25, -0.2) is 19.9 Å². The van der Waals surface area contributed by atoms with Crippen LogP contribution >= 0.6 is 0 Å². The van der Waals surface area contributed by atoms with E-state index in [1.165, 1.54) is 10.8 Å². The van der Waals surface area contributed by atoms with Crippen molar-refractivity contribution in [3.05, 3.63) is 164 Å². The number of aromatic nitrogens is 5. The second kappa shape index (κ2) is 10.9. The quantitative estimate of drug-likeness (QED) is 0.195. The van der Waals surface area contributed by atoms with E-state index in [1.807, 2.05) is 36.4 Å². The molecule has 0 atom stereocenters. The molecule has 4 heterocycles. The van der Waals surface area contributed by atoms with Crippen molar-refractivity contribution in [3.63, 3.8) is 0 Å². The number of hydrogen-bond acceptors (Lipinski definition) is 4. The minimum Gasteiger partial charge on any atom is -0.298 e. The van der Waals surface area contributed by atoms with Crippen LogP contribution < -0.4 is 0 Å². The first kappa shape index (κ1) is 27.4. The molecule has 0 aliphatic carbocycles. The normalized spacial score (nSPS) is 11.7. The summed E-state index contributed by atoms with van der Waals surface area (Å²) in [6.07, 6.45) is 2.06. The molecule has 0 fully saturated rings. The van der Waals surface area contributed by atoms with Crippen molar-refractivity contribution in [3.8, 4) is 45.0 Å². The van der Waals surface area contributed by atoms with Gasteiger partial charge in [0, 0.05) is 33.7 Å². The SMILES string of the molecule is c1cc(-c2ccc(-c3nc(-c4cccc5ccccc45)c4ccccc4n3)cc2)cc(-c2nc3ccccc3c3nc4ccccn4c23)c1. The van der Waals surface area contributed by atoms with Gasteiger partial charge in [-0.3, -0.25) is 4.40 Å². The highest BCUT2D eigenvalue weighted by molar-refractivity contribution is 6.09. The second-order valence-electron chi connectivity index (χ2n) is 12.3. The highest BCUT2D eigenvalue weighted by atomic mass is 15.0. The molecule has 0 aliphatic rings. The number of rotatable bonds is 4. The average Bonchev–Trinajstić information content (AvgIpc) is 3.57. The van der Waals surface area contributed by atoms with Crippen LogP contribution in [0.5, 0.6) is 0 Å². The molecule has 0 saturated heterocycles. The number of hydrogen-bond donors (Lipinski definition) is 0. The maximum Gasteiger partial charge on any atom is 0.160 e. The fraction of sp³-hybridized carbons (Fsp3) is 0. The molecule has 0 aliphatic heterocycles. The predicted octanol–water partition coefficient (Wildman–Crippen LogP) is 10.8. The minimum absolute atomic E-state index is 0.706. The van der Waals surface area contributed by atoms with Crippen LogP contribution in [0, 0.1) is 0 Å². The van der Waals surface area contributed by atoms with E-state index in [0.29, 0.717) is 5.82 Å². The number of pyridine rings is 2. The van der Waals surface area contributed by atoms with Gasteiger partial charge in [0.2, 0.25) is 0 Å². The van der Waals surface area contributed by atoms with Gasteiger partial charge in [0.1, 0.15) is 11.2 Å². The van der Waals surface area contributed by atoms with Crippen molar-refractivity contribution in [1.29, 1.82) is 0 Å². The van der Waals surface area contributed by atoms with Crippen molar-refractivity contribution in [1.82, 2.24) is 24.3 Å². The molecular formula is C44H27N5. The Morgan fingerprint density at radius 3 is 1.96 bits per heavy atom. The van der Waals surface area contributed by atoms with Gasteiger partial charge in [-0.15, -0.1) is 0 Å². The van der Waals surface area contributed by atoms with E-state index in [2.05, 4.69) is 132 Å². The fourth-order valence-corrected chi connectivity index (χ4v) is 7.06. The Hall–Kier alpha value is -6.72. The molecule has 5 heteroatoms. The Bertz CT molecular complexity index is 2880. The summed E-state index contributed by atoms with van der Waals surface area (Å²) in [5.74, 6) is 0.706. The average molecular weight is 626 g/mol. The Morgan fingerprint density at radius 2 is 1.08 bits per heavy atom. The summed E-state index contributed by atoms with van der Waals surface area (Å²) in [6, 6.07) is 54.6. The third-order valence-corrected chi connectivity index (χ3v) is 9.41. The largest absolute Gasteiger partial charge is 0.298 e. The predicted molar refractivity (Wildman–Crippen MR) is 200 cm³/mol. The molecule has 0 saturated carbocycles. The Balaban J connectivity index is 1.08. The molecule has 0 radical (unpaired) electrons. The highest BCUT2D eigenvalue weighted by Gasteiger charge is 2.17. The Kier molecular flexibility index (Phi) is 6.11. The summed E-state index contributed by atoms with van der Waals surface area (Å²) in [4.78, 5) is 20.4. The van der Waals surface area contributed by atoms with Crippen LogP contribution in [0.3, 0.4) is 0 Å². The van der Waals surface area contributed by atoms with Gasteiger partial charge in [0.25, 0.3) is 0 Å². The summed E-state index contributed by atoms with van der Waals surface area (Å²) < 4.78 is 2.14. The van der Waals surface area contributed by atoms with Crippen LogP contribution in [0.2, 0.25) is 0 Å². The van der Waals surface area contributed by atoms with Gasteiger partial charge in [0.05, 0.1) is 27.9 Å². The summed E-state index contributed by atoms with van der Waals surface area (Å²) in [7, 11) is 0. The molecule has 6 aromatic carbocycles. The van der Waals surface area contributed by atoms with Crippen LogP contribution in [-0.2, 0) is 0 Å². The molecule has 0 spiro atoms. The topological polar surface area (TPSA) is 56.0 Å². The van der Waals surface area contributed by atoms with E-state index in [9.17, 15) is 0 Å². The molecule has 0 amide bonds. The number of imidazole rings is 1. The number of fused-ring (bicyclic) bond motifs is 7. The zero-order valence-electron chi connectivity index (χ0n) is 26.3. The van der Waals surface area contributed by atoms with E-state index in [4.69, 9.17) is 19.9 Å². The van der Waals surface area contributed by atoms with Crippen LogP contribution in [0.25, 0.3) is 94.3 Å². The number of nitrogens with zero attached hydrogens (tertiary/aromatic N) is 5. The van der Waals surface area contributed by atoms with Gasteiger partial charge in [-0.05, 0) is 52.2 Å². The van der Waals surface area contributed by atoms with Gasteiger partial charge >= 0.3 is 0 Å². The lowest BCUT2D eigenvalue weighted by atomic mass is 9.98. The van der Waals surface area contributed by atoms with Crippen molar-refractivity contribution in [2.75, 3.05) is 0 Å². The van der Waals surface area contributed by atoms with Crippen LogP contribution in [0.15, 0.2) is 164 Å². The highest BCUT2D eigenvalue weighted by Crippen LogP contribution is 2.36. The van der Waals surface area contributed by atoms with E-state index in [-0.39, 0.29) is 0 Å². The Labute approximate surface area is 281 Å². The maximum atomic E-state index is 5.19. The van der Waals surface area contributed by atoms with Crippen molar-refractivity contribution in [2.24, 2.45) is 0 Å². The molecule has 0 N–H and O–H groups in total. The summed E-state index contributed by atoms with van der Waals surface area (Å²) >= 11 is 0.